The minimum absolute atomic E-state index is 0.0120. The van der Waals surface area contributed by atoms with Crippen molar-refractivity contribution in [2.75, 3.05) is 6.61 Å². The van der Waals surface area contributed by atoms with Crippen molar-refractivity contribution < 1.29 is 4.74 Å². The van der Waals surface area contributed by atoms with Crippen LogP contribution < -0.4 is 0 Å². The van der Waals surface area contributed by atoms with Crippen molar-refractivity contribution in [3.8, 4) is 0 Å². The van der Waals surface area contributed by atoms with E-state index in [0.717, 1.165) is 18.9 Å². The van der Waals surface area contributed by atoms with Gasteiger partial charge < -0.3 is 4.74 Å². The van der Waals surface area contributed by atoms with Gasteiger partial charge in [-0.1, -0.05) is 18.5 Å². The van der Waals surface area contributed by atoms with Gasteiger partial charge in [0, 0.05) is 12.7 Å². The Morgan fingerprint density at radius 1 is 1.50 bits per heavy atom. The van der Waals surface area contributed by atoms with Crippen LogP contribution in [0.25, 0.3) is 5.65 Å². The third kappa shape index (κ3) is 1.47. The Bertz CT molecular complexity index is 527. The Morgan fingerprint density at radius 3 is 3.12 bits per heavy atom. The highest BCUT2D eigenvalue weighted by atomic mass is 35.5. The molecule has 3 heterocycles. The molecule has 5 nitrogen and oxygen atoms in total. The van der Waals surface area contributed by atoms with Gasteiger partial charge in [-0.3, -0.25) is 4.40 Å². The molecule has 2 aromatic rings. The number of hydrogen-bond acceptors (Lipinski definition) is 4. The van der Waals surface area contributed by atoms with Gasteiger partial charge in [0.1, 0.15) is 17.6 Å². The SMILES string of the molecule is CC1CCOC1c1nnc2cc(Cl)ncn12. The van der Waals surface area contributed by atoms with Crippen LogP contribution in [0.4, 0.5) is 0 Å². The van der Waals surface area contributed by atoms with Crippen LogP contribution in [-0.4, -0.2) is 26.2 Å². The molecule has 0 N–H and O–H groups in total. The summed E-state index contributed by atoms with van der Waals surface area (Å²) < 4.78 is 7.50. The molecule has 0 aromatic carbocycles. The van der Waals surface area contributed by atoms with Crippen LogP contribution in [-0.2, 0) is 4.74 Å². The van der Waals surface area contributed by atoms with Crippen LogP contribution in [0.1, 0.15) is 25.3 Å². The van der Waals surface area contributed by atoms with Crippen LogP contribution >= 0.6 is 11.6 Å². The van der Waals surface area contributed by atoms with Gasteiger partial charge in [0.15, 0.2) is 11.5 Å². The lowest BCUT2D eigenvalue weighted by molar-refractivity contribution is 0.0864. The van der Waals surface area contributed by atoms with Gasteiger partial charge in [0.05, 0.1) is 0 Å². The third-order valence-electron chi connectivity index (χ3n) is 2.94. The fourth-order valence-electron chi connectivity index (χ4n) is 2.01. The van der Waals surface area contributed by atoms with E-state index in [4.69, 9.17) is 16.3 Å². The molecule has 0 saturated carbocycles. The number of nitrogens with zero attached hydrogens (tertiary/aromatic N) is 4. The molecule has 1 aliphatic heterocycles. The first-order valence-corrected chi connectivity index (χ1v) is 5.61. The Labute approximate surface area is 97.4 Å². The smallest absolute Gasteiger partial charge is 0.168 e. The molecule has 2 aromatic heterocycles. The first kappa shape index (κ1) is 9.99. The van der Waals surface area contributed by atoms with Gasteiger partial charge in [-0.15, -0.1) is 10.2 Å². The molecule has 2 atom stereocenters. The number of fused-ring (bicyclic) bond motifs is 1. The standard InChI is InChI=1S/C10H11ClN4O/c1-6-2-3-16-9(6)10-14-13-8-4-7(11)12-5-15(8)10/h4-6,9H,2-3H2,1H3. The van der Waals surface area contributed by atoms with E-state index in [1.807, 2.05) is 4.40 Å². The molecule has 0 radical (unpaired) electrons. The molecule has 0 spiro atoms. The molecule has 16 heavy (non-hydrogen) atoms. The normalized spacial score (nSPS) is 25.4. The highest BCUT2D eigenvalue weighted by Gasteiger charge is 2.29. The molecule has 0 bridgehead atoms. The van der Waals surface area contributed by atoms with Crippen molar-refractivity contribution in [1.82, 2.24) is 19.6 Å². The Morgan fingerprint density at radius 2 is 2.38 bits per heavy atom. The van der Waals surface area contributed by atoms with Crippen LogP contribution in [0, 0.1) is 5.92 Å². The lowest BCUT2D eigenvalue weighted by atomic mass is 10.0. The van der Waals surface area contributed by atoms with Crippen molar-refractivity contribution in [1.29, 1.82) is 0 Å². The summed E-state index contributed by atoms with van der Waals surface area (Å²) in [6, 6.07) is 1.69. The van der Waals surface area contributed by atoms with E-state index >= 15 is 0 Å². The molecule has 0 amide bonds. The maximum absolute atomic E-state index is 5.79. The van der Waals surface area contributed by atoms with Gasteiger partial charge in [-0.05, 0) is 12.3 Å². The molecule has 6 heteroatoms. The fraction of sp³-hybridized carbons (Fsp3) is 0.500. The van der Waals surface area contributed by atoms with Crippen molar-refractivity contribution >= 4 is 17.2 Å². The molecular formula is C10H11ClN4O. The molecule has 1 fully saturated rings. The largest absolute Gasteiger partial charge is 0.370 e. The van der Waals surface area contributed by atoms with E-state index in [1.165, 1.54) is 0 Å². The first-order chi connectivity index (χ1) is 7.75. The quantitative estimate of drug-likeness (QED) is 0.712. The fourth-order valence-corrected chi connectivity index (χ4v) is 2.15. The summed E-state index contributed by atoms with van der Waals surface area (Å²) in [5.41, 5.74) is 0.706. The lowest BCUT2D eigenvalue weighted by Gasteiger charge is -2.11. The molecule has 1 aliphatic rings. The van der Waals surface area contributed by atoms with Crippen molar-refractivity contribution in [2.24, 2.45) is 5.92 Å². The topological polar surface area (TPSA) is 52.3 Å². The van der Waals surface area contributed by atoms with Gasteiger partial charge in [-0.25, -0.2) is 4.98 Å². The van der Waals surface area contributed by atoms with Gasteiger partial charge in [-0.2, -0.15) is 0 Å². The number of hydrogen-bond donors (Lipinski definition) is 0. The molecule has 0 aliphatic carbocycles. The van der Waals surface area contributed by atoms with E-state index in [2.05, 4.69) is 22.1 Å². The lowest BCUT2D eigenvalue weighted by Crippen LogP contribution is -2.08. The summed E-state index contributed by atoms with van der Waals surface area (Å²) in [5, 5.41) is 8.65. The average molecular weight is 239 g/mol. The van der Waals surface area contributed by atoms with Crippen LogP contribution in [0.15, 0.2) is 12.4 Å². The molecule has 1 saturated heterocycles. The summed E-state index contributed by atoms with van der Waals surface area (Å²) in [7, 11) is 0. The Kier molecular flexibility index (Phi) is 2.29. The second-order valence-electron chi connectivity index (χ2n) is 4.06. The molecule has 3 rings (SSSR count). The second kappa shape index (κ2) is 3.68. The average Bonchev–Trinajstić information content (AvgIpc) is 2.83. The summed E-state index contributed by atoms with van der Waals surface area (Å²) in [4.78, 5) is 4.03. The zero-order chi connectivity index (χ0) is 11.1. The number of ether oxygens (including phenoxy) is 1. The predicted octanol–water partition coefficient (Wildman–Crippen LogP) is 1.88. The van der Waals surface area contributed by atoms with E-state index in [0.29, 0.717) is 16.7 Å². The Hall–Kier alpha value is -1.20. The number of halogens is 1. The minimum atomic E-state index is 0.0120. The molecular weight excluding hydrogens is 228 g/mol. The summed E-state index contributed by atoms with van der Waals surface area (Å²) in [6.45, 7) is 2.93. The second-order valence-corrected chi connectivity index (χ2v) is 4.44. The van der Waals surface area contributed by atoms with Crippen molar-refractivity contribution in [2.45, 2.75) is 19.4 Å². The van der Waals surface area contributed by atoms with E-state index < -0.39 is 0 Å². The van der Waals surface area contributed by atoms with Crippen LogP contribution in [0.3, 0.4) is 0 Å². The van der Waals surface area contributed by atoms with E-state index in [1.54, 1.807) is 12.4 Å². The maximum atomic E-state index is 5.79. The summed E-state index contributed by atoms with van der Waals surface area (Å²) >= 11 is 5.79. The molecule has 2 unspecified atom stereocenters. The summed E-state index contributed by atoms with van der Waals surface area (Å²) in [5.74, 6) is 1.27. The third-order valence-corrected chi connectivity index (χ3v) is 3.14. The number of rotatable bonds is 1. The number of aromatic nitrogens is 4. The molecule has 84 valence electrons. The minimum Gasteiger partial charge on any atom is -0.370 e. The highest BCUT2D eigenvalue weighted by molar-refractivity contribution is 6.29. The van der Waals surface area contributed by atoms with Gasteiger partial charge in [0.25, 0.3) is 0 Å². The maximum Gasteiger partial charge on any atom is 0.168 e. The van der Waals surface area contributed by atoms with Crippen LogP contribution in [0.5, 0.6) is 0 Å². The van der Waals surface area contributed by atoms with Gasteiger partial charge >= 0.3 is 0 Å². The highest BCUT2D eigenvalue weighted by Crippen LogP contribution is 2.32. The van der Waals surface area contributed by atoms with Crippen molar-refractivity contribution in [3.05, 3.63) is 23.4 Å². The predicted molar refractivity (Wildman–Crippen MR) is 58.3 cm³/mol. The van der Waals surface area contributed by atoms with E-state index in [-0.39, 0.29) is 6.10 Å². The zero-order valence-electron chi connectivity index (χ0n) is 8.80. The summed E-state index contributed by atoms with van der Waals surface area (Å²) in [6.07, 6.45) is 2.71. The van der Waals surface area contributed by atoms with Crippen molar-refractivity contribution in [3.63, 3.8) is 0 Å². The first-order valence-electron chi connectivity index (χ1n) is 5.23. The Balaban J connectivity index is 2.10. The van der Waals surface area contributed by atoms with E-state index in [9.17, 15) is 0 Å². The monoisotopic (exact) mass is 238 g/mol. The van der Waals surface area contributed by atoms with Gasteiger partial charge in [0.2, 0.25) is 0 Å². The zero-order valence-corrected chi connectivity index (χ0v) is 9.55. The van der Waals surface area contributed by atoms with Crippen LogP contribution in [0.2, 0.25) is 5.15 Å².